The zero-order valence-corrected chi connectivity index (χ0v) is 12.4. The van der Waals surface area contributed by atoms with Gasteiger partial charge in [0.2, 0.25) is 5.82 Å². The highest BCUT2D eigenvalue weighted by molar-refractivity contribution is 7.16. The molecule has 0 saturated heterocycles. The molecule has 0 unspecified atom stereocenters. The summed E-state index contributed by atoms with van der Waals surface area (Å²) in [7, 11) is 0. The minimum atomic E-state index is -0.164. The molecule has 0 radical (unpaired) electrons. The Morgan fingerprint density at radius 3 is 2.79 bits per heavy atom. The second-order valence-corrected chi connectivity index (χ2v) is 5.78. The number of hydrogen-bond acceptors (Lipinski definition) is 4. The van der Waals surface area contributed by atoms with Crippen molar-refractivity contribution in [3.05, 3.63) is 33.0 Å². The number of nitrogens with one attached hydrogen (secondary N) is 1. The van der Waals surface area contributed by atoms with E-state index in [2.05, 4.69) is 15.2 Å². The van der Waals surface area contributed by atoms with E-state index in [0.29, 0.717) is 13.1 Å². The number of hydrogen-bond donors (Lipinski definition) is 1. The lowest BCUT2D eigenvalue weighted by Gasteiger charge is -2.18. The van der Waals surface area contributed by atoms with Gasteiger partial charge in [-0.3, -0.25) is 9.89 Å². The van der Waals surface area contributed by atoms with Crippen molar-refractivity contribution in [1.29, 1.82) is 0 Å². The molecule has 19 heavy (non-hydrogen) atoms. The van der Waals surface area contributed by atoms with Crippen molar-refractivity contribution in [3.63, 3.8) is 0 Å². The zero-order valence-electron chi connectivity index (χ0n) is 10.8. The number of aryl methyl sites for hydroxylation is 1. The molecule has 2 rings (SSSR count). The number of halogens is 1. The highest BCUT2D eigenvalue weighted by Crippen LogP contribution is 2.23. The van der Waals surface area contributed by atoms with E-state index in [4.69, 9.17) is 11.6 Å². The minimum Gasteiger partial charge on any atom is -0.331 e. The van der Waals surface area contributed by atoms with Crippen LogP contribution in [0.5, 0.6) is 0 Å². The van der Waals surface area contributed by atoms with E-state index in [-0.39, 0.29) is 11.7 Å². The average Bonchev–Trinajstić information content (AvgIpc) is 3.04. The van der Waals surface area contributed by atoms with Crippen molar-refractivity contribution in [2.45, 2.75) is 26.8 Å². The Hall–Kier alpha value is -1.40. The van der Waals surface area contributed by atoms with Crippen molar-refractivity contribution in [1.82, 2.24) is 20.1 Å². The summed E-state index contributed by atoms with van der Waals surface area (Å²) in [5.41, 5.74) is 0. The van der Waals surface area contributed by atoms with Crippen molar-refractivity contribution >= 4 is 28.8 Å². The fourth-order valence-electron chi connectivity index (χ4n) is 1.64. The molecule has 0 spiro atoms. The molecule has 1 amide bonds. The first-order valence-corrected chi connectivity index (χ1v) is 7.28. The number of amides is 1. The molecule has 1 N–H and O–H groups in total. The number of carbonyl (C=O) groups is 1. The normalized spacial score (nSPS) is 10.7. The third kappa shape index (κ3) is 3.33. The molecule has 2 aromatic rings. The smallest absolute Gasteiger partial charge is 0.293 e. The number of thiophene rings is 1. The lowest BCUT2D eigenvalue weighted by atomic mass is 10.3. The van der Waals surface area contributed by atoms with Gasteiger partial charge in [0, 0.05) is 17.8 Å². The van der Waals surface area contributed by atoms with Crippen molar-refractivity contribution in [2.75, 3.05) is 6.54 Å². The predicted octanol–water partition coefficient (Wildman–Crippen LogP) is 2.74. The Morgan fingerprint density at radius 2 is 2.26 bits per heavy atom. The summed E-state index contributed by atoms with van der Waals surface area (Å²) in [6, 6.07) is 3.76. The van der Waals surface area contributed by atoms with Crippen LogP contribution in [-0.4, -0.2) is 32.5 Å². The molecule has 0 fully saturated rings. The van der Waals surface area contributed by atoms with Crippen LogP contribution < -0.4 is 0 Å². The lowest BCUT2D eigenvalue weighted by molar-refractivity contribution is 0.0742. The molecule has 2 heterocycles. The fraction of sp³-hybridized carbons (Fsp3) is 0.417. The maximum absolute atomic E-state index is 12.3. The predicted molar refractivity (Wildman–Crippen MR) is 75.5 cm³/mol. The minimum absolute atomic E-state index is 0.164. The van der Waals surface area contributed by atoms with Crippen LogP contribution in [0.1, 0.15) is 35.2 Å². The largest absolute Gasteiger partial charge is 0.331 e. The van der Waals surface area contributed by atoms with Crippen LogP contribution in [-0.2, 0) is 13.0 Å². The van der Waals surface area contributed by atoms with E-state index in [1.54, 1.807) is 4.90 Å². The maximum Gasteiger partial charge on any atom is 0.293 e. The van der Waals surface area contributed by atoms with Crippen LogP contribution in [0.3, 0.4) is 0 Å². The number of aromatic nitrogens is 3. The SMILES string of the molecule is CCc1nc(C(=O)N(CC)Cc2ccc(Cl)s2)n[nH]1. The first-order chi connectivity index (χ1) is 9.13. The number of carbonyl (C=O) groups excluding carboxylic acids is 1. The van der Waals surface area contributed by atoms with Gasteiger partial charge in [0.1, 0.15) is 5.82 Å². The van der Waals surface area contributed by atoms with Crippen LogP contribution in [0.15, 0.2) is 12.1 Å². The van der Waals surface area contributed by atoms with Gasteiger partial charge in [-0.2, -0.15) is 0 Å². The monoisotopic (exact) mass is 298 g/mol. The molecule has 2 aromatic heterocycles. The Balaban J connectivity index is 2.10. The number of H-pyrrole nitrogens is 1. The molecular weight excluding hydrogens is 284 g/mol. The quantitative estimate of drug-likeness (QED) is 0.923. The van der Waals surface area contributed by atoms with Crippen LogP contribution in [0.25, 0.3) is 0 Å². The fourth-order valence-corrected chi connectivity index (χ4v) is 2.75. The van der Waals surface area contributed by atoms with Crippen molar-refractivity contribution in [3.8, 4) is 0 Å². The summed E-state index contributed by atoms with van der Waals surface area (Å²) in [6.45, 7) is 5.02. The molecule has 0 atom stereocenters. The number of nitrogens with zero attached hydrogens (tertiary/aromatic N) is 3. The molecular formula is C12H15ClN4OS. The van der Waals surface area contributed by atoms with Crippen molar-refractivity contribution < 1.29 is 4.79 Å². The van der Waals surface area contributed by atoms with Crippen molar-refractivity contribution in [2.24, 2.45) is 0 Å². The highest BCUT2D eigenvalue weighted by Gasteiger charge is 2.19. The lowest BCUT2D eigenvalue weighted by Crippen LogP contribution is -2.30. The van der Waals surface area contributed by atoms with Gasteiger partial charge in [0.25, 0.3) is 5.91 Å². The average molecular weight is 299 g/mol. The van der Waals surface area contributed by atoms with Crippen LogP contribution in [0.4, 0.5) is 0 Å². The molecule has 7 heteroatoms. The molecule has 102 valence electrons. The Labute approximate surface area is 120 Å². The second kappa shape index (κ2) is 6.16. The van der Waals surface area contributed by atoms with E-state index < -0.39 is 0 Å². The van der Waals surface area contributed by atoms with Gasteiger partial charge < -0.3 is 4.90 Å². The molecule has 0 bridgehead atoms. The summed E-state index contributed by atoms with van der Waals surface area (Å²) < 4.78 is 0.727. The summed E-state index contributed by atoms with van der Waals surface area (Å²) in [4.78, 5) is 19.2. The maximum atomic E-state index is 12.3. The van der Waals surface area contributed by atoms with E-state index in [1.165, 1.54) is 11.3 Å². The highest BCUT2D eigenvalue weighted by atomic mass is 35.5. The third-order valence-corrected chi connectivity index (χ3v) is 3.92. The standard InChI is InChI=1S/C12H15ClN4OS/c1-3-10-14-11(16-15-10)12(18)17(4-2)7-8-5-6-9(13)19-8/h5-6H,3-4,7H2,1-2H3,(H,14,15,16). The summed E-state index contributed by atoms with van der Waals surface area (Å²) in [5, 5.41) is 6.71. The van der Waals surface area contributed by atoms with E-state index in [0.717, 1.165) is 21.5 Å². The molecule has 0 aliphatic carbocycles. The molecule has 0 aliphatic rings. The van der Waals surface area contributed by atoms with Gasteiger partial charge in [-0.05, 0) is 19.1 Å². The van der Waals surface area contributed by atoms with Gasteiger partial charge in [0.05, 0.1) is 10.9 Å². The zero-order chi connectivity index (χ0) is 13.8. The Kier molecular flexibility index (Phi) is 4.55. The molecule has 0 aromatic carbocycles. The third-order valence-electron chi connectivity index (χ3n) is 2.70. The number of rotatable bonds is 5. The topological polar surface area (TPSA) is 61.9 Å². The van der Waals surface area contributed by atoms with Crippen LogP contribution in [0, 0.1) is 0 Å². The van der Waals surface area contributed by atoms with E-state index >= 15 is 0 Å². The van der Waals surface area contributed by atoms with Gasteiger partial charge in [-0.15, -0.1) is 16.4 Å². The van der Waals surface area contributed by atoms with Gasteiger partial charge in [-0.1, -0.05) is 18.5 Å². The van der Waals surface area contributed by atoms with Gasteiger partial charge in [-0.25, -0.2) is 4.98 Å². The van der Waals surface area contributed by atoms with Gasteiger partial charge in [0.15, 0.2) is 0 Å². The second-order valence-electron chi connectivity index (χ2n) is 3.98. The summed E-state index contributed by atoms with van der Waals surface area (Å²) in [5.74, 6) is 0.780. The molecule has 0 saturated carbocycles. The Morgan fingerprint density at radius 1 is 1.47 bits per heavy atom. The van der Waals surface area contributed by atoms with Crippen LogP contribution >= 0.6 is 22.9 Å². The first kappa shape index (κ1) is 14.0. The first-order valence-electron chi connectivity index (χ1n) is 6.08. The Bertz CT molecular complexity index is 566. The summed E-state index contributed by atoms with van der Waals surface area (Å²) in [6.07, 6.45) is 0.729. The van der Waals surface area contributed by atoms with Crippen LogP contribution in [0.2, 0.25) is 4.34 Å². The molecule has 5 nitrogen and oxygen atoms in total. The van der Waals surface area contributed by atoms with E-state index in [9.17, 15) is 4.79 Å². The van der Waals surface area contributed by atoms with Gasteiger partial charge >= 0.3 is 0 Å². The van der Waals surface area contributed by atoms with E-state index in [1.807, 2.05) is 26.0 Å². The molecule has 0 aliphatic heterocycles. The number of aromatic amines is 1. The summed E-state index contributed by atoms with van der Waals surface area (Å²) >= 11 is 7.37.